The quantitative estimate of drug-likeness (QED) is 0.764. The second kappa shape index (κ2) is 7.59. The van der Waals surface area contributed by atoms with E-state index in [0.717, 1.165) is 37.9 Å². The first-order valence-corrected chi connectivity index (χ1v) is 8.56. The average molecular weight is 296 g/mol. The predicted octanol–water partition coefficient (Wildman–Crippen LogP) is 2.28. The van der Waals surface area contributed by atoms with E-state index in [-0.39, 0.29) is 11.9 Å². The maximum atomic E-state index is 12.0. The standard InChI is InChI=1S/C17H32N2O2/c1-12(2)7-8-18-15-9-14(17(20)21-4)10-19(11-15)16-6-5-13(16)3/h12-16,18H,5-11H2,1-4H3. The Bertz CT molecular complexity index is 346. The van der Waals surface area contributed by atoms with Gasteiger partial charge >= 0.3 is 5.97 Å². The monoisotopic (exact) mass is 296 g/mol. The van der Waals surface area contributed by atoms with Crippen LogP contribution in [0.25, 0.3) is 0 Å². The molecule has 0 amide bonds. The number of carbonyl (C=O) groups excluding carboxylic acids is 1. The van der Waals surface area contributed by atoms with Gasteiger partial charge in [0.15, 0.2) is 0 Å². The largest absolute Gasteiger partial charge is 0.469 e. The lowest BCUT2D eigenvalue weighted by Gasteiger charge is -2.48. The molecule has 1 aliphatic heterocycles. The molecule has 0 radical (unpaired) electrons. The average Bonchev–Trinajstić information content (AvgIpc) is 2.44. The van der Waals surface area contributed by atoms with Gasteiger partial charge in [0, 0.05) is 25.2 Å². The van der Waals surface area contributed by atoms with E-state index < -0.39 is 0 Å². The third-order valence-corrected chi connectivity index (χ3v) is 5.21. The van der Waals surface area contributed by atoms with Crippen LogP contribution in [0.5, 0.6) is 0 Å². The van der Waals surface area contributed by atoms with Crippen LogP contribution in [-0.2, 0) is 9.53 Å². The van der Waals surface area contributed by atoms with E-state index in [1.165, 1.54) is 26.4 Å². The molecule has 1 aliphatic carbocycles. The Balaban J connectivity index is 1.91. The molecule has 122 valence electrons. The number of piperidine rings is 1. The van der Waals surface area contributed by atoms with Crippen molar-refractivity contribution in [2.75, 3.05) is 26.7 Å². The number of rotatable bonds is 6. The van der Waals surface area contributed by atoms with Crippen LogP contribution < -0.4 is 5.32 Å². The Hall–Kier alpha value is -0.610. The Morgan fingerprint density at radius 1 is 1.33 bits per heavy atom. The number of hydrogen-bond acceptors (Lipinski definition) is 4. The number of nitrogens with zero attached hydrogens (tertiary/aromatic N) is 1. The molecule has 1 N–H and O–H groups in total. The highest BCUT2D eigenvalue weighted by atomic mass is 16.5. The maximum Gasteiger partial charge on any atom is 0.310 e. The third-order valence-electron chi connectivity index (χ3n) is 5.21. The van der Waals surface area contributed by atoms with Gasteiger partial charge in [0.25, 0.3) is 0 Å². The van der Waals surface area contributed by atoms with E-state index in [2.05, 4.69) is 31.0 Å². The molecule has 4 atom stereocenters. The second-order valence-electron chi connectivity index (χ2n) is 7.37. The first-order chi connectivity index (χ1) is 10.0. The normalized spacial score (nSPS) is 33.8. The number of carbonyl (C=O) groups is 1. The molecule has 0 aromatic carbocycles. The molecule has 2 rings (SSSR count). The zero-order valence-electron chi connectivity index (χ0n) is 14.1. The van der Waals surface area contributed by atoms with Crippen molar-refractivity contribution in [1.29, 1.82) is 0 Å². The van der Waals surface area contributed by atoms with Gasteiger partial charge in [0.1, 0.15) is 0 Å². The van der Waals surface area contributed by atoms with Crippen LogP contribution in [0.15, 0.2) is 0 Å². The van der Waals surface area contributed by atoms with E-state index in [4.69, 9.17) is 4.74 Å². The number of ether oxygens (including phenoxy) is 1. The first kappa shape index (κ1) is 16.8. The molecular formula is C17H32N2O2. The summed E-state index contributed by atoms with van der Waals surface area (Å²) in [5.41, 5.74) is 0. The lowest BCUT2D eigenvalue weighted by Crippen LogP contribution is -2.57. The summed E-state index contributed by atoms with van der Waals surface area (Å²) in [6, 6.07) is 1.10. The SMILES string of the molecule is COC(=O)C1CC(NCCC(C)C)CN(C2CCC2C)C1. The van der Waals surface area contributed by atoms with Gasteiger partial charge in [-0.15, -0.1) is 0 Å². The van der Waals surface area contributed by atoms with Gasteiger partial charge in [-0.25, -0.2) is 0 Å². The summed E-state index contributed by atoms with van der Waals surface area (Å²) in [6.07, 6.45) is 4.73. The van der Waals surface area contributed by atoms with E-state index in [0.29, 0.717) is 12.1 Å². The fourth-order valence-corrected chi connectivity index (χ4v) is 3.66. The molecule has 4 unspecified atom stereocenters. The van der Waals surface area contributed by atoms with E-state index in [1.54, 1.807) is 0 Å². The molecule has 0 bridgehead atoms. The number of hydrogen-bond donors (Lipinski definition) is 1. The van der Waals surface area contributed by atoms with Crippen molar-refractivity contribution >= 4 is 5.97 Å². The molecule has 4 nitrogen and oxygen atoms in total. The zero-order chi connectivity index (χ0) is 15.4. The molecule has 21 heavy (non-hydrogen) atoms. The van der Waals surface area contributed by atoms with Crippen molar-refractivity contribution in [2.45, 2.75) is 58.5 Å². The van der Waals surface area contributed by atoms with Gasteiger partial charge in [0.05, 0.1) is 13.0 Å². The number of likely N-dealkylation sites (tertiary alicyclic amines) is 1. The smallest absolute Gasteiger partial charge is 0.310 e. The fourth-order valence-electron chi connectivity index (χ4n) is 3.66. The van der Waals surface area contributed by atoms with Crippen molar-refractivity contribution in [3.63, 3.8) is 0 Å². The Morgan fingerprint density at radius 2 is 2.10 bits per heavy atom. The maximum absolute atomic E-state index is 12.0. The lowest BCUT2D eigenvalue weighted by molar-refractivity contribution is -0.148. The van der Waals surface area contributed by atoms with Gasteiger partial charge in [-0.2, -0.15) is 0 Å². The minimum absolute atomic E-state index is 0.0353. The van der Waals surface area contributed by atoms with Crippen molar-refractivity contribution in [3.05, 3.63) is 0 Å². The van der Waals surface area contributed by atoms with Gasteiger partial charge in [0.2, 0.25) is 0 Å². The molecule has 4 heteroatoms. The highest BCUT2D eigenvalue weighted by Crippen LogP contribution is 2.34. The van der Waals surface area contributed by atoms with Gasteiger partial charge < -0.3 is 10.1 Å². The van der Waals surface area contributed by atoms with Gasteiger partial charge in [-0.05, 0) is 44.1 Å². The summed E-state index contributed by atoms with van der Waals surface area (Å²) < 4.78 is 4.99. The minimum Gasteiger partial charge on any atom is -0.469 e. The van der Waals surface area contributed by atoms with E-state index >= 15 is 0 Å². The van der Waals surface area contributed by atoms with Crippen molar-refractivity contribution in [1.82, 2.24) is 10.2 Å². The van der Waals surface area contributed by atoms with E-state index in [9.17, 15) is 4.79 Å². The predicted molar refractivity (Wildman–Crippen MR) is 85.1 cm³/mol. The second-order valence-corrected chi connectivity index (χ2v) is 7.37. The van der Waals surface area contributed by atoms with Crippen molar-refractivity contribution < 1.29 is 9.53 Å². The first-order valence-electron chi connectivity index (χ1n) is 8.56. The fraction of sp³-hybridized carbons (Fsp3) is 0.941. The van der Waals surface area contributed by atoms with Crippen LogP contribution in [0.2, 0.25) is 0 Å². The molecule has 1 saturated carbocycles. The number of nitrogens with one attached hydrogen (secondary N) is 1. The van der Waals surface area contributed by atoms with Gasteiger partial charge in [-0.3, -0.25) is 9.69 Å². The van der Waals surface area contributed by atoms with Crippen LogP contribution in [0, 0.1) is 17.8 Å². The lowest BCUT2D eigenvalue weighted by atomic mass is 9.78. The zero-order valence-corrected chi connectivity index (χ0v) is 14.1. The summed E-state index contributed by atoms with van der Waals surface area (Å²) in [5, 5.41) is 3.66. The molecule has 2 aliphatic rings. The highest BCUT2D eigenvalue weighted by molar-refractivity contribution is 5.72. The summed E-state index contributed by atoms with van der Waals surface area (Å²) in [5.74, 6) is 1.49. The van der Waals surface area contributed by atoms with Crippen LogP contribution in [-0.4, -0.2) is 49.7 Å². The minimum atomic E-state index is -0.0395. The molecular weight excluding hydrogens is 264 g/mol. The summed E-state index contributed by atoms with van der Waals surface area (Å²) in [4.78, 5) is 14.5. The van der Waals surface area contributed by atoms with Gasteiger partial charge in [-0.1, -0.05) is 20.8 Å². The Morgan fingerprint density at radius 3 is 2.62 bits per heavy atom. The van der Waals surface area contributed by atoms with E-state index in [1.807, 2.05) is 0 Å². The molecule has 2 fully saturated rings. The summed E-state index contributed by atoms with van der Waals surface area (Å²) in [7, 11) is 1.51. The van der Waals surface area contributed by atoms with Crippen LogP contribution in [0.1, 0.15) is 46.5 Å². The highest BCUT2D eigenvalue weighted by Gasteiger charge is 2.39. The van der Waals surface area contributed by atoms with Crippen LogP contribution in [0.4, 0.5) is 0 Å². The molecule has 0 aromatic rings. The topological polar surface area (TPSA) is 41.6 Å². The molecule has 0 spiro atoms. The molecule has 1 heterocycles. The number of methoxy groups -OCH3 is 1. The molecule has 0 aromatic heterocycles. The van der Waals surface area contributed by atoms with Crippen LogP contribution >= 0.6 is 0 Å². The molecule has 1 saturated heterocycles. The summed E-state index contributed by atoms with van der Waals surface area (Å²) >= 11 is 0. The third kappa shape index (κ3) is 4.43. The van der Waals surface area contributed by atoms with Crippen LogP contribution in [0.3, 0.4) is 0 Å². The number of esters is 1. The van der Waals surface area contributed by atoms with Crippen molar-refractivity contribution in [3.8, 4) is 0 Å². The summed E-state index contributed by atoms with van der Waals surface area (Å²) in [6.45, 7) is 9.84. The van der Waals surface area contributed by atoms with Crippen molar-refractivity contribution in [2.24, 2.45) is 17.8 Å². The Labute approximate surface area is 129 Å². The Kier molecular flexibility index (Phi) is 6.06.